The van der Waals surface area contributed by atoms with Crippen LogP contribution in [0.2, 0.25) is 0 Å². The molecule has 0 radical (unpaired) electrons. The number of aromatic amines is 1. The molecule has 0 bridgehead atoms. The van der Waals surface area contributed by atoms with Gasteiger partial charge in [-0.25, -0.2) is 13.6 Å². The van der Waals surface area contributed by atoms with Gasteiger partial charge in [0.25, 0.3) is 5.56 Å². The molecule has 4 rings (SSSR count). The van der Waals surface area contributed by atoms with Crippen molar-refractivity contribution in [2.45, 2.75) is 26.3 Å². The van der Waals surface area contributed by atoms with E-state index in [2.05, 4.69) is 22.1 Å². The van der Waals surface area contributed by atoms with Crippen molar-refractivity contribution in [2.75, 3.05) is 0 Å². The Balaban J connectivity index is 2.15. The van der Waals surface area contributed by atoms with Gasteiger partial charge in [0.15, 0.2) is 17.0 Å². The van der Waals surface area contributed by atoms with Crippen LogP contribution in [-0.4, -0.2) is 28.7 Å². The maximum absolute atomic E-state index is 13.3. The van der Waals surface area contributed by atoms with E-state index in [1.54, 1.807) is 28.1 Å². The summed E-state index contributed by atoms with van der Waals surface area (Å²) in [6.45, 7) is 2.63. The molecule has 0 saturated heterocycles. The number of nitrogens with zero attached hydrogens (tertiary/aromatic N) is 5. The maximum Gasteiger partial charge on any atom is 0.329 e. The molecule has 1 aromatic carbocycles. The van der Waals surface area contributed by atoms with Crippen LogP contribution in [0.25, 0.3) is 28.3 Å². The van der Waals surface area contributed by atoms with Crippen molar-refractivity contribution in [3.63, 3.8) is 0 Å². The van der Waals surface area contributed by atoms with Crippen molar-refractivity contribution in [1.29, 1.82) is 0 Å². The van der Waals surface area contributed by atoms with Crippen LogP contribution in [0.4, 0.5) is 4.39 Å². The van der Waals surface area contributed by atoms with Crippen LogP contribution in [0.3, 0.4) is 0 Å². The number of aromatic nitrogens is 6. The first kappa shape index (κ1) is 16.2. The van der Waals surface area contributed by atoms with Crippen molar-refractivity contribution in [3.05, 3.63) is 50.9 Å². The molecule has 0 spiro atoms. The molecule has 134 valence electrons. The molecule has 0 amide bonds. The summed E-state index contributed by atoms with van der Waals surface area (Å²) in [4.78, 5) is 27.0. The van der Waals surface area contributed by atoms with Crippen molar-refractivity contribution in [3.8, 4) is 11.4 Å². The number of hydrogen-bond donors (Lipinski definition) is 1. The van der Waals surface area contributed by atoms with Crippen LogP contribution >= 0.6 is 0 Å². The lowest BCUT2D eigenvalue weighted by molar-refractivity contribution is 0.628. The Labute approximate surface area is 146 Å². The third kappa shape index (κ3) is 2.27. The number of benzene rings is 1. The molecular formula is C17H17FN6O2. The molecule has 4 aromatic rings. The Morgan fingerprint density at radius 1 is 1.15 bits per heavy atom. The van der Waals surface area contributed by atoms with E-state index in [0.717, 1.165) is 12.8 Å². The zero-order valence-corrected chi connectivity index (χ0v) is 14.4. The zero-order chi connectivity index (χ0) is 18.4. The Morgan fingerprint density at radius 3 is 2.58 bits per heavy atom. The molecular weight excluding hydrogens is 339 g/mol. The van der Waals surface area contributed by atoms with Crippen molar-refractivity contribution in [2.24, 2.45) is 7.05 Å². The quantitative estimate of drug-likeness (QED) is 0.602. The second kappa shape index (κ2) is 5.94. The highest BCUT2D eigenvalue weighted by Gasteiger charge is 2.22. The van der Waals surface area contributed by atoms with Gasteiger partial charge in [-0.15, -0.1) is 10.2 Å². The van der Waals surface area contributed by atoms with E-state index in [-0.39, 0.29) is 5.82 Å². The van der Waals surface area contributed by atoms with Gasteiger partial charge in [-0.2, -0.15) is 0 Å². The Kier molecular flexibility index (Phi) is 3.71. The van der Waals surface area contributed by atoms with Gasteiger partial charge in [0, 0.05) is 19.2 Å². The van der Waals surface area contributed by atoms with Gasteiger partial charge < -0.3 is 4.57 Å². The number of unbranched alkanes of at least 4 members (excludes halogenated alkanes) is 1. The number of fused-ring (bicyclic) bond motifs is 3. The van der Waals surface area contributed by atoms with Gasteiger partial charge in [0.2, 0.25) is 5.78 Å². The molecule has 0 saturated carbocycles. The van der Waals surface area contributed by atoms with Crippen LogP contribution < -0.4 is 11.2 Å². The first-order chi connectivity index (χ1) is 12.5. The molecule has 0 fully saturated rings. The number of nitrogens with one attached hydrogen (secondary N) is 1. The second-order valence-corrected chi connectivity index (χ2v) is 6.16. The number of halogens is 1. The molecule has 3 aromatic heterocycles. The van der Waals surface area contributed by atoms with Gasteiger partial charge in [-0.05, 0) is 30.7 Å². The molecule has 26 heavy (non-hydrogen) atoms. The molecule has 0 aliphatic heterocycles. The summed E-state index contributed by atoms with van der Waals surface area (Å²) in [7, 11) is 1.58. The maximum atomic E-state index is 13.3. The first-order valence-corrected chi connectivity index (χ1v) is 8.35. The molecule has 0 unspecified atom stereocenters. The summed E-state index contributed by atoms with van der Waals surface area (Å²) >= 11 is 0. The van der Waals surface area contributed by atoms with Crippen LogP contribution in [0.1, 0.15) is 19.8 Å². The average molecular weight is 356 g/mol. The number of imidazole rings is 1. The molecule has 0 aliphatic rings. The average Bonchev–Trinajstić information content (AvgIpc) is 3.17. The summed E-state index contributed by atoms with van der Waals surface area (Å²) in [6.07, 6.45) is 1.79. The predicted octanol–water partition coefficient (Wildman–Crippen LogP) is 1.68. The monoisotopic (exact) mass is 356 g/mol. The molecule has 8 nitrogen and oxygen atoms in total. The molecule has 1 N–H and O–H groups in total. The van der Waals surface area contributed by atoms with Gasteiger partial charge in [-0.3, -0.25) is 14.3 Å². The molecule has 0 atom stereocenters. The highest BCUT2D eigenvalue weighted by atomic mass is 19.1. The SMILES string of the molecule is CCCCn1c2c(=O)[nH]c(=O)n(C)c2n2c(-c3ccc(F)cc3)nnc12. The third-order valence-electron chi connectivity index (χ3n) is 4.48. The Hall–Kier alpha value is -3.23. The summed E-state index contributed by atoms with van der Waals surface area (Å²) in [5, 5.41) is 8.45. The minimum absolute atomic E-state index is 0.358. The summed E-state index contributed by atoms with van der Waals surface area (Å²) < 4.78 is 18.1. The first-order valence-electron chi connectivity index (χ1n) is 8.35. The van der Waals surface area contributed by atoms with Gasteiger partial charge in [0.1, 0.15) is 5.82 Å². The summed E-state index contributed by atoms with van der Waals surface area (Å²) in [5.41, 5.74) is 0.440. The fourth-order valence-electron chi connectivity index (χ4n) is 3.16. The van der Waals surface area contributed by atoms with E-state index in [0.29, 0.717) is 34.9 Å². The smallest absolute Gasteiger partial charge is 0.302 e. The highest BCUT2D eigenvalue weighted by Crippen LogP contribution is 2.24. The largest absolute Gasteiger partial charge is 0.329 e. The van der Waals surface area contributed by atoms with E-state index < -0.39 is 11.2 Å². The highest BCUT2D eigenvalue weighted by molar-refractivity contribution is 5.79. The number of H-pyrrole nitrogens is 1. The van der Waals surface area contributed by atoms with Crippen molar-refractivity contribution >= 4 is 16.9 Å². The minimum Gasteiger partial charge on any atom is -0.302 e. The summed E-state index contributed by atoms with van der Waals surface area (Å²) in [6, 6.07) is 5.84. The molecule has 9 heteroatoms. The number of aryl methyl sites for hydroxylation is 2. The lowest BCUT2D eigenvalue weighted by atomic mass is 10.2. The van der Waals surface area contributed by atoms with Gasteiger partial charge >= 0.3 is 5.69 Å². The minimum atomic E-state index is -0.518. The topological polar surface area (TPSA) is 90.0 Å². The van der Waals surface area contributed by atoms with E-state index >= 15 is 0 Å². The molecule has 3 heterocycles. The van der Waals surface area contributed by atoms with Crippen molar-refractivity contribution < 1.29 is 4.39 Å². The molecule has 0 aliphatic carbocycles. The van der Waals surface area contributed by atoms with Crippen molar-refractivity contribution in [1.82, 2.24) is 28.7 Å². The third-order valence-corrected chi connectivity index (χ3v) is 4.48. The Bertz CT molecular complexity index is 1230. The lowest BCUT2D eigenvalue weighted by Gasteiger charge is -2.04. The normalized spacial score (nSPS) is 11.7. The van der Waals surface area contributed by atoms with Crippen LogP contribution in [0.5, 0.6) is 0 Å². The van der Waals surface area contributed by atoms with Crippen LogP contribution in [0, 0.1) is 5.82 Å². The van der Waals surface area contributed by atoms with E-state index in [4.69, 9.17) is 0 Å². The fraction of sp³-hybridized carbons (Fsp3) is 0.294. The van der Waals surface area contributed by atoms with E-state index in [1.807, 2.05) is 0 Å². The van der Waals surface area contributed by atoms with Gasteiger partial charge in [-0.1, -0.05) is 13.3 Å². The number of rotatable bonds is 4. The van der Waals surface area contributed by atoms with E-state index in [9.17, 15) is 14.0 Å². The fourth-order valence-corrected chi connectivity index (χ4v) is 3.16. The second-order valence-electron chi connectivity index (χ2n) is 6.16. The predicted molar refractivity (Wildman–Crippen MR) is 94.6 cm³/mol. The standard InChI is InChI=1S/C17H17FN6O2/c1-3-4-9-23-12-14(25)19-17(26)22(2)15(12)24-13(20-21-16(23)24)10-5-7-11(18)8-6-10/h5-8H,3-4,9H2,1-2H3,(H,19,25,26). The Morgan fingerprint density at radius 2 is 1.88 bits per heavy atom. The zero-order valence-electron chi connectivity index (χ0n) is 14.4. The summed E-state index contributed by atoms with van der Waals surface area (Å²) in [5.74, 6) is 0.559. The van der Waals surface area contributed by atoms with E-state index in [1.165, 1.54) is 16.7 Å². The van der Waals surface area contributed by atoms with Crippen LogP contribution in [-0.2, 0) is 13.6 Å². The number of hydrogen-bond acceptors (Lipinski definition) is 4. The van der Waals surface area contributed by atoms with Crippen LogP contribution in [0.15, 0.2) is 33.9 Å². The van der Waals surface area contributed by atoms with Gasteiger partial charge in [0.05, 0.1) is 0 Å². The lowest BCUT2D eigenvalue weighted by Crippen LogP contribution is -2.29.